The predicted octanol–water partition coefficient (Wildman–Crippen LogP) is 2.65. The van der Waals surface area contributed by atoms with Crippen molar-refractivity contribution < 1.29 is 4.92 Å². The fourth-order valence-corrected chi connectivity index (χ4v) is 3.66. The standard InChI is InChI=1S/C16H23N3O2/c1-11-3-4-14(9-16(11)19(20)21)12(2)17-15-10-18-7-5-13(15)6-8-18/h3-4,9,12-13,15,17H,5-8,10H2,1-2H3. The Morgan fingerprint density at radius 3 is 2.67 bits per heavy atom. The van der Waals surface area contributed by atoms with Gasteiger partial charge in [-0.2, -0.15) is 0 Å². The molecule has 3 fully saturated rings. The van der Waals surface area contributed by atoms with Gasteiger partial charge in [0.2, 0.25) is 0 Å². The predicted molar refractivity (Wildman–Crippen MR) is 82.3 cm³/mol. The maximum absolute atomic E-state index is 11.1. The van der Waals surface area contributed by atoms with Gasteiger partial charge in [0.25, 0.3) is 5.69 Å². The highest BCUT2D eigenvalue weighted by Gasteiger charge is 2.34. The van der Waals surface area contributed by atoms with Gasteiger partial charge in [0.1, 0.15) is 0 Å². The van der Waals surface area contributed by atoms with Crippen molar-refractivity contribution in [3.8, 4) is 0 Å². The highest BCUT2D eigenvalue weighted by atomic mass is 16.6. The van der Waals surface area contributed by atoms with Gasteiger partial charge < -0.3 is 10.2 Å². The molecule has 4 rings (SSSR count). The van der Waals surface area contributed by atoms with Crippen LogP contribution in [-0.2, 0) is 0 Å². The van der Waals surface area contributed by atoms with Crippen LogP contribution in [0.4, 0.5) is 5.69 Å². The molecular formula is C16H23N3O2. The van der Waals surface area contributed by atoms with Crippen molar-refractivity contribution in [2.75, 3.05) is 19.6 Å². The summed E-state index contributed by atoms with van der Waals surface area (Å²) in [6, 6.07) is 6.23. The molecule has 0 spiro atoms. The van der Waals surface area contributed by atoms with Crippen molar-refractivity contribution in [1.29, 1.82) is 0 Å². The molecule has 5 heteroatoms. The van der Waals surface area contributed by atoms with Crippen molar-refractivity contribution in [2.24, 2.45) is 5.92 Å². The molecule has 3 aliphatic rings. The smallest absolute Gasteiger partial charge is 0.272 e. The van der Waals surface area contributed by atoms with Gasteiger partial charge in [-0.3, -0.25) is 10.1 Å². The first-order chi connectivity index (χ1) is 10.0. The Labute approximate surface area is 125 Å². The molecule has 21 heavy (non-hydrogen) atoms. The summed E-state index contributed by atoms with van der Waals surface area (Å²) in [5, 5.41) is 14.8. The molecule has 1 aromatic rings. The first kappa shape index (κ1) is 14.5. The van der Waals surface area contributed by atoms with E-state index in [0.717, 1.165) is 23.6 Å². The Morgan fingerprint density at radius 1 is 1.38 bits per heavy atom. The van der Waals surface area contributed by atoms with Gasteiger partial charge in [-0.25, -0.2) is 0 Å². The van der Waals surface area contributed by atoms with E-state index in [1.165, 1.54) is 25.9 Å². The first-order valence-electron chi connectivity index (χ1n) is 7.78. The number of benzene rings is 1. The molecule has 1 N–H and O–H groups in total. The van der Waals surface area contributed by atoms with Crippen LogP contribution in [0, 0.1) is 23.0 Å². The average Bonchev–Trinajstić information content (AvgIpc) is 2.48. The number of hydrogen-bond donors (Lipinski definition) is 1. The van der Waals surface area contributed by atoms with Crippen molar-refractivity contribution in [1.82, 2.24) is 10.2 Å². The first-order valence-corrected chi connectivity index (χ1v) is 7.78. The molecule has 114 valence electrons. The summed E-state index contributed by atoms with van der Waals surface area (Å²) in [5.74, 6) is 0.762. The Morgan fingerprint density at radius 2 is 2.10 bits per heavy atom. The number of hydrogen-bond acceptors (Lipinski definition) is 4. The molecule has 0 radical (unpaired) electrons. The zero-order valence-electron chi connectivity index (χ0n) is 12.7. The Balaban J connectivity index is 1.72. The van der Waals surface area contributed by atoms with Gasteiger partial charge in [0, 0.05) is 30.3 Å². The third kappa shape index (κ3) is 2.94. The number of nitro benzene ring substituents is 1. The SMILES string of the molecule is Cc1ccc(C(C)NC2CN3CCC2CC3)cc1[N+](=O)[O-]. The molecule has 0 aliphatic carbocycles. The molecule has 3 heterocycles. The van der Waals surface area contributed by atoms with Crippen LogP contribution in [0.1, 0.15) is 36.9 Å². The molecule has 1 aromatic carbocycles. The lowest BCUT2D eigenvalue weighted by Crippen LogP contribution is -2.56. The summed E-state index contributed by atoms with van der Waals surface area (Å²) in [4.78, 5) is 13.3. The van der Waals surface area contributed by atoms with Crippen LogP contribution in [0.3, 0.4) is 0 Å². The van der Waals surface area contributed by atoms with Crippen molar-refractivity contribution in [3.05, 3.63) is 39.4 Å². The van der Waals surface area contributed by atoms with E-state index in [9.17, 15) is 10.1 Å². The number of rotatable bonds is 4. The summed E-state index contributed by atoms with van der Waals surface area (Å²) in [6.45, 7) is 7.46. The van der Waals surface area contributed by atoms with Gasteiger partial charge in [-0.1, -0.05) is 12.1 Å². The minimum Gasteiger partial charge on any atom is -0.306 e. The van der Waals surface area contributed by atoms with Gasteiger partial charge >= 0.3 is 0 Å². The van der Waals surface area contributed by atoms with E-state index in [0.29, 0.717) is 6.04 Å². The van der Waals surface area contributed by atoms with E-state index < -0.39 is 0 Å². The monoisotopic (exact) mass is 289 g/mol. The zero-order valence-corrected chi connectivity index (χ0v) is 12.7. The molecule has 0 saturated carbocycles. The molecule has 2 atom stereocenters. The minimum absolute atomic E-state index is 0.148. The van der Waals surface area contributed by atoms with Crippen LogP contribution in [0.25, 0.3) is 0 Å². The second kappa shape index (κ2) is 5.73. The molecule has 2 unspecified atom stereocenters. The second-order valence-electron chi connectivity index (χ2n) is 6.44. The van der Waals surface area contributed by atoms with E-state index in [4.69, 9.17) is 0 Å². The summed E-state index contributed by atoms with van der Waals surface area (Å²) in [6.07, 6.45) is 2.55. The molecule has 0 aromatic heterocycles. The highest BCUT2D eigenvalue weighted by Crippen LogP contribution is 2.30. The maximum atomic E-state index is 11.1. The van der Waals surface area contributed by atoms with E-state index >= 15 is 0 Å². The highest BCUT2D eigenvalue weighted by molar-refractivity contribution is 5.43. The minimum atomic E-state index is -0.292. The number of nitrogens with zero attached hydrogens (tertiary/aromatic N) is 2. The van der Waals surface area contributed by atoms with E-state index in [1.54, 1.807) is 13.0 Å². The van der Waals surface area contributed by atoms with Crippen LogP contribution in [0.5, 0.6) is 0 Å². The Kier molecular flexibility index (Phi) is 3.95. The van der Waals surface area contributed by atoms with Crippen molar-refractivity contribution in [3.63, 3.8) is 0 Å². The fraction of sp³-hybridized carbons (Fsp3) is 0.625. The quantitative estimate of drug-likeness (QED) is 0.684. The lowest BCUT2D eigenvalue weighted by Gasteiger charge is -2.46. The maximum Gasteiger partial charge on any atom is 0.272 e. The zero-order chi connectivity index (χ0) is 15.0. The topological polar surface area (TPSA) is 58.4 Å². The molecule has 2 bridgehead atoms. The van der Waals surface area contributed by atoms with E-state index in [1.807, 2.05) is 12.1 Å². The van der Waals surface area contributed by atoms with Gasteiger partial charge in [-0.05, 0) is 51.3 Å². The summed E-state index contributed by atoms with van der Waals surface area (Å²) >= 11 is 0. The molecule has 3 aliphatic heterocycles. The van der Waals surface area contributed by atoms with E-state index in [-0.39, 0.29) is 16.7 Å². The molecular weight excluding hydrogens is 266 g/mol. The summed E-state index contributed by atoms with van der Waals surface area (Å²) in [5.41, 5.74) is 1.94. The van der Waals surface area contributed by atoms with Crippen molar-refractivity contribution in [2.45, 2.75) is 38.8 Å². The second-order valence-corrected chi connectivity index (χ2v) is 6.44. The lowest BCUT2D eigenvalue weighted by atomic mass is 9.83. The van der Waals surface area contributed by atoms with Crippen LogP contribution in [0.2, 0.25) is 0 Å². The van der Waals surface area contributed by atoms with Gasteiger partial charge in [-0.15, -0.1) is 0 Å². The van der Waals surface area contributed by atoms with E-state index in [2.05, 4.69) is 17.1 Å². The summed E-state index contributed by atoms with van der Waals surface area (Å²) in [7, 11) is 0. The van der Waals surface area contributed by atoms with Crippen LogP contribution in [0.15, 0.2) is 18.2 Å². The number of piperidine rings is 3. The number of aryl methyl sites for hydroxylation is 1. The third-order valence-electron chi connectivity index (χ3n) is 5.05. The molecule has 3 saturated heterocycles. The fourth-order valence-electron chi connectivity index (χ4n) is 3.66. The van der Waals surface area contributed by atoms with Crippen molar-refractivity contribution >= 4 is 5.69 Å². The van der Waals surface area contributed by atoms with Gasteiger partial charge in [0.05, 0.1) is 4.92 Å². The average molecular weight is 289 g/mol. The van der Waals surface area contributed by atoms with Crippen LogP contribution in [-0.4, -0.2) is 35.5 Å². The number of nitro groups is 1. The largest absolute Gasteiger partial charge is 0.306 e. The third-order valence-corrected chi connectivity index (χ3v) is 5.05. The normalized spacial score (nSPS) is 29.3. The van der Waals surface area contributed by atoms with Crippen LogP contribution < -0.4 is 5.32 Å². The summed E-state index contributed by atoms with van der Waals surface area (Å²) < 4.78 is 0. The van der Waals surface area contributed by atoms with Gasteiger partial charge in [0.15, 0.2) is 0 Å². The van der Waals surface area contributed by atoms with Crippen LogP contribution >= 0.6 is 0 Å². The number of fused-ring (bicyclic) bond motifs is 3. The Bertz CT molecular complexity index is 538. The lowest BCUT2D eigenvalue weighted by molar-refractivity contribution is -0.385. The molecule has 0 amide bonds. The number of nitrogens with one attached hydrogen (secondary N) is 1. The molecule has 5 nitrogen and oxygen atoms in total. The Hall–Kier alpha value is -1.46.